The summed E-state index contributed by atoms with van der Waals surface area (Å²) in [7, 11) is 0. The standard InChI is InChI=1S/C22H17FN4O2S/c1-13(28)25-22-27-19-6-5-15(10-20(19)30-22)16-9-18(12-24-11-16)26-21(29)8-14-3-2-4-17(23)7-14/h2-7,9-12H,8H2,1H3,(H,26,29)(H,25,27,28). The van der Waals surface area contributed by atoms with Gasteiger partial charge in [-0.2, -0.15) is 0 Å². The van der Waals surface area contributed by atoms with Crippen molar-refractivity contribution in [1.82, 2.24) is 9.97 Å². The molecule has 2 N–H and O–H groups in total. The number of amides is 2. The SMILES string of the molecule is CC(=O)Nc1nc2ccc(-c3cncc(NC(=O)Cc4cccc(F)c4)c3)cc2s1. The van der Waals surface area contributed by atoms with Crippen LogP contribution >= 0.6 is 11.3 Å². The van der Waals surface area contributed by atoms with Crippen LogP contribution in [0.5, 0.6) is 0 Å². The average Bonchev–Trinajstić information content (AvgIpc) is 3.08. The van der Waals surface area contributed by atoms with Crippen molar-refractivity contribution in [2.45, 2.75) is 13.3 Å². The zero-order valence-corrected chi connectivity index (χ0v) is 16.8. The zero-order chi connectivity index (χ0) is 21.1. The summed E-state index contributed by atoms with van der Waals surface area (Å²) >= 11 is 1.39. The van der Waals surface area contributed by atoms with Crippen molar-refractivity contribution >= 4 is 44.2 Å². The predicted octanol–water partition coefficient (Wildman–Crippen LogP) is 4.64. The highest BCUT2D eigenvalue weighted by atomic mass is 32.1. The fraction of sp³-hybridized carbons (Fsp3) is 0.0909. The molecular weight excluding hydrogens is 403 g/mol. The Kier molecular flexibility index (Phi) is 5.49. The monoisotopic (exact) mass is 420 g/mol. The van der Waals surface area contributed by atoms with Gasteiger partial charge in [-0.3, -0.25) is 14.6 Å². The first kappa shape index (κ1) is 19.7. The highest BCUT2D eigenvalue weighted by molar-refractivity contribution is 7.22. The van der Waals surface area contributed by atoms with Gasteiger partial charge in [-0.15, -0.1) is 0 Å². The van der Waals surface area contributed by atoms with Crippen molar-refractivity contribution < 1.29 is 14.0 Å². The summed E-state index contributed by atoms with van der Waals surface area (Å²) in [5, 5.41) is 6.04. The number of anilines is 2. The largest absolute Gasteiger partial charge is 0.324 e. The van der Waals surface area contributed by atoms with Crippen LogP contribution in [0.4, 0.5) is 15.2 Å². The second-order valence-electron chi connectivity index (χ2n) is 6.70. The lowest BCUT2D eigenvalue weighted by molar-refractivity contribution is -0.116. The number of fused-ring (bicyclic) bond motifs is 1. The van der Waals surface area contributed by atoms with Gasteiger partial charge in [0, 0.05) is 18.7 Å². The van der Waals surface area contributed by atoms with Gasteiger partial charge in [0.25, 0.3) is 0 Å². The molecular formula is C22H17FN4O2S. The molecule has 0 unspecified atom stereocenters. The maximum absolute atomic E-state index is 13.3. The fourth-order valence-corrected chi connectivity index (χ4v) is 3.96. The molecule has 0 radical (unpaired) electrons. The summed E-state index contributed by atoms with van der Waals surface area (Å²) < 4.78 is 14.2. The molecule has 0 aliphatic rings. The lowest BCUT2D eigenvalue weighted by Gasteiger charge is -2.08. The van der Waals surface area contributed by atoms with Crippen LogP contribution in [-0.4, -0.2) is 21.8 Å². The number of thiazole rings is 1. The highest BCUT2D eigenvalue weighted by Gasteiger charge is 2.09. The van der Waals surface area contributed by atoms with E-state index in [1.54, 1.807) is 24.5 Å². The third-order valence-corrected chi connectivity index (χ3v) is 5.21. The van der Waals surface area contributed by atoms with Crippen LogP contribution < -0.4 is 10.6 Å². The molecule has 30 heavy (non-hydrogen) atoms. The van der Waals surface area contributed by atoms with Gasteiger partial charge in [0.1, 0.15) is 5.82 Å². The molecule has 6 nitrogen and oxygen atoms in total. The first-order valence-corrected chi connectivity index (χ1v) is 9.96. The number of carbonyl (C=O) groups excluding carboxylic acids is 2. The average molecular weight is 420 g/mol. The van der Waals surface area contributed by atoms with Gasteiger partial charge < -0.3 is 10.6 Å². The highest BCUT2D eigenvalue weighted by Crippen LogP contribution is 2.31. The van der Waals surface area contributed by atoms with E-state index < -0.39 is 0 Å². The van der Waals surface area contributed by atoms with E-state index in [2.05, 4.69) is 20.6 Å². The van der Waals surface area contributed by atoms with Crippen LogP contribution in [0.3, 0.4) is 0 Å². The van der Waals surface area contributed by atoms with Crippen LogP contribution in [0.2, 0.25) is 0 Å². The lowest BCUT2D eigenvalue weighted by atomic mass is 10.1. The van der Waals surface area contributed by atoms with Gasteiger partial charge >= 0.3 is 0 Å². The Morgan fingerprint density at radius 1 is 1.03 bits per heavy atom. The lowest BCUT2D eigenvalue weighted by Crippen LogP contribution is -2.14. The summed E-state index contributed by atoms with van der Waals surface area (Å²) in [6, 6.07) is 13.5. The molecule has 0 fully saturated rings. The van der Waals surface area contributed by atoms with Crippen molar-refractivity contribution in [1.29, 1.82) is 0 Å². The summed E-state index contributed by atoms with van der Waals surface area (Å²) in [6.45, 7) is 1.44. The topological polar surface area (TPSA) is 84.0 Å². The molecule has 0 saturated heterocycles. The van der Waals surface area contributed by atoms with Crippen LogP contribution in [0.15, 0.2) is 60.9 Å². The van der Waals surface area contributed by atoms with E-state index in [1.165, 1.54) is 30.4 Å². The minimum absolute atomic E-state index is 0.0702. The molecule has 0 saturated carbocycles. The molecule has 0 aliphatic carbocycles. The Balaban J connectivity index is 1.52. The third-order valence-electron chi connectivity index (χ3n) is 4.28. The summed E-state index contributed by atoms with van der Waals surface area (Å²) in [4.78, 5) is 32.1. The van der Waals surface area contributed by atoms with Gasteiger partial charge in [0.15, 0.2) is 5.13 Å². The van der Waals surface area contributed by atoms with E-state index in [0.29, 0.717) is 16.4 Å². The number of benzene rings is 2. The number of nitrogens with one attached hydrogen (secondary N) is 2. The zero-order valence-electron chi connectivity index (χ0n) is 16.0. The number of hydrogen-bond donors (Lipinski definition) is 2. The van der Waals surface area contributed by atoms with Gasteiger partial charge in [0.05, 0.1) is 28.5 Å². The molecule has 0 atom stereocenters. The maximum Gasteiger partial charge on any atom is 0.228 e. The van der Waals surface area contributed by atoms with E-state index >= 15 is 0 Å². The van der Waals surface area contributed by atoms with Crippen LogP contribution in [-0.2, 0) is 16.0 Å². The summed E-state index contributed by atoms with van der Waals surface area (Å²) in [5.74, 6) is -0.790. The Hall–Kier alpha value is -3.65. The molecule has 2 amide bonds. The van der Waals surface area contributed by atoms with E-state index in [9.17, 15) is 14.0 Å². The number of carbonyl (C=O) groups is 2. The molecule has 150 valence electrons. The first-order valence-electron chi connectivity index (χ1n) is 9.14. The summed E-state index contributed by atoms with van der Waals surface area (Å²) in [6.07, 6.45) is 3.34. The van der Waals surface area contributed by atoms with Gasteiger partial charge in [-0.25, -0.2) is 9.37 Å². The molecule has 8 heteroatoms. The number of halogens is 1. The maximum atomic E-state index is 13.3. The molecule has 0 spiro atoms. The number of nitrogens with zero attached hydrogens (tertiary/aromatic N) is 2. The first-order chi connectivity index (χ1) is 14.5. The minimum atomic E-state index is -0.371. The van der Waals surface area contributed by atoms with Gasteiger partial charge in [-0.1, -0.05) is 29.5 Å². The van der Waals surface area contributed by atoms with Crippen molar-refractivity contribution in [2.75, 3.05) is 10.6 Å². The van der Waals surface area contributed by atoms with Crippen molar-refractivity contribution in [3.63, 3.8) is 0 Å². The summed E-state index contributed by atoms with van der Waals surface area (Å²) in [5.41, 5.74) is 3.68. The number of rotatable bonds is 5. The Bertz CT molecular complexity index is 1250. The van der Waals surface area contributed by atoms with E-state index in [0.717, 1.165) is 21.3 Å². The molecule has 0 bridgehead atoms. The number of hydrogen-bond acceptors (Lipinski definition) is 5. The predicted molar refractivity (Wildman–Crippen MR) is 116 cm³/mol. The Morgan fingerprint density at radius 3 is 2.70 bits per heavy atom. The molecule has 4 rings (SSSR count). The Labute approximate surface area is 175 Å². The molecule has 2 aromatic heterocycles. The van der Waals surface area contributed by atoms with Gasteiger partial charge in [-0.05, 0) is 41.5 Å². The second-order valence-corrected chi connectivity index (χ2v) is 7.73. The smallest absolute Gasteiger partial charge is 0.228 e. The number of aromatic nitrogens is 2. The molecule has 2 heterocycles. The normalized spacial score (nSPS) is 10.7. The number of pyridine rings is 1. The van der Waals surface area contributed by atoms with Crippen LogP contribution in [0, 0.1) is 5.82 Å². The third kappa shape index (κ3) is 4.66. The quantitative estimate of drug-likeness (QED) is 0.493. The van der Waals surface area contributed by atoms with Crippen LogP contribution in [0.25, 0.3) is 21.3 Å². The van der Waals surface area contributed by atoms with Gasteiger partial charge in [0.2, 0.25) is 11.8 Å². The van der Waals surface area contributed by atoms with Crippen molar-refractivity contribution in [3.05, 3.63) is 72.3 Å². The van der Waals surface area contributed by atoms with E-state index in [1.807, 2.05) is 24.3 Å². The van der Waals surface area contributed by atoms with Crippen LogP contribution in [0.1, 0.15) is 12.5 Å². The fourth-order valence-electron chi connectivity index (χ4n) is 3.01. The molecule has 0 aliphatic heterocycles. The molecule has 2 aromatic carbocycles. The Morgan fingerprint density at radius 2 is 1.90 bits per heavy atom. The second kappa shape index (κ2) is 8.38. The minimum Gasteiger partial charge on any atom is -0.324 e. The van der Waals surface area contributed by atoms with Crippen molar-refractivity contribution in [2.24, 2.45) is 0 Å². The van der Waals surface area contributed by atoms with Crippen molar-refractivity contribution in [3.8, 4) is 11.1 Å². The molecule has 4 aromatic rings. The van der Waals surface area contributed by atoms with E-state index in [4.69, 9.17) is 0 Å². The van der Waals surface area contributed by atoms with E-state index in [-0.39, 0.29) is 24.1 Å².